The Morgan fingerprint density at radius 3 is 2.39 bits per heavy atom. The summed E-state index contributed by atoms with van der Waals surface area (Å²) in [5, 5.41) is 0. The van der Waals surface area contributed by atoms with Crippen LogP contribution in [0.4, 0.5) is 0 Å². The van der Waals surface area contributed by atoms with Crippen molar-refractivity contribution in [2.75, 3.05) is 13.6 Å². The molecule has 1 nitrogen and oxygen atoms in total. The summed E-state index contributed by atoms with van der Waals surface area (Å²) in [6.45, 7) is 9.79. The number of nitrogens with zero attached hydrogens (tertiary/aromatic N) is 1. The predicted molar refractivity (Wildman–Crippen MR) is 84.5 cm³/mol. The van der Waals surface area contributed by atoms with Gasteiger partial charge < -0.3 is 4.90 Å². The molecule has 0 saturated carbocycles. The first kappa shape index (κ1) is 15.2. The van der Waals surface area contributed by atoms with Gasteiger partial charge in [0.05, 0.1) is 0 Å². The second kappa shape index (κ2) is 6.89. The highest BCUT2D eigenvalue weighted by atomic mass is 32.1. The number of thiocarbonyl (C=S) groups is 1. The number of unbranched alkanes of at least 4 members (excludes halogenated alkanes) is 1. The fourth-order valence-electron chi connectivity index (χ4n) is 2.21. The summed E-state index contributed by atoms with van der Waals surface area (Å²) in [7, 11) is 2.10. The van der Waals surface area contributed by atoms with E-state index in [4.69, 9.17) is 12.2 Å². The Morgan fingerprint density at radius 2 is 1.83 bits per heavy atom. The standard InChI is InChI=1S/C16H25NS/c1-6-8-9-17(5)16(18)15-11-14(7-2)12(3)10-13(15)4/h10-11H,6-9H2,1-5H3. The normalized spacial score (nSPS) is 10.5. The Labute approximate surface area is 117 Å². The van der Waals surface area contributed by atoms with Gasteiger partial charge in [0.1, 0.15) is 4.99 Å². The molecule has 0 aliphatic rings. The van der Waals surface area contributed by atoms with Gasteiger partial charge in [-0.15, -0.1) is 0 Å². The third-order valence-corrected chi connectivity index (χ3v) is 4.02. The Kier molecular flexibility index (Phi) is 5.80. The van der Waals surface area contributed by atoms with Crippen molar-refractivity contribution >= 4 is 17.2 Å². The van der Waals surface area contributed by atoms with Gasteiger partial charge >= 0.3 is 0 Å². The molecule has 0 radical (unpaired) electrons. The zero-order valence-electron chi connectivity index (χ0n) is 12.3. The van der Waals surface area contributed by atoms with Gasteiger partial charge in [-0.1, -0.05) is 38.6 Å². The van der Waals surface area contributed by atoms with E-state index in [0.29, 0.717) is 0 Å². The average molecular weight is 263 g/mol. The van der Waals surface area contributed by atoms with Crippen LogP contribution < -0.4 is 0 Å². The minimum atomic E-state index is 0.982. The molecule has 1 aromatic rings. The molecule has 0 bridgehead atoms. The van der Waals surface area contributed by atoms with Gasteiger partial charge in [-0.3, -0.25) is 0 Å². The molecule has 0 N–H and O–H groups in total. The quantitative estimate of drug-likeness (QED) is 0.730. The minimum Gasteiger partial charge on any atom is -0.365 e. The summed E-state index contributed by atoms with van der Waals surface area (Å²) in [5.41, 5.74) is 5.30. The monoisotopic (exact) mass is 263 g/mol. The molecular weight excluding hydrogens is 238 g/mol. The van der Waals surface area contributed by atoms with Crippen molar-refractivity contribution in [1.29, 1.82) is 0 Å². The summed E-state index contributed by atoms with van der Waals surface area (Å²) in [4.78, 5) is 3.19. The van der Waals surface area contributed by atoms with Crippen molar-refractivity contribution in [2.45, 2.75) is 47.0 Å². The van der Waals surface area contributed by atoms with Crippen LogP contribution in [0, 0.1) is 13.8 Å². The molecular formula is C16H25NS. The average Bonchev–Trinajstić information content (AvgIpc) is 2.35. The maximum atomic E-state index is 5.62. The molecule has 0 aromatic heterocycles. The van der Waals surface area contributed by atoms with Crippen LogP contribution in [0.15, 0.2) is 12.1 Å². The minimum absolute atomic E-state index is 0.982. The first-order valence-corrected chi connectivity index (χ1v) is 7.27. The lowest BCUT2D eigenvalue weighted by molar-refractivity contribution is 0.493. The van der Waals surface area contributed by atoms with Gasteiger partial charge in [0, 0.05) is 19.2 Å². The lowest BCUT2D eigenvalue weighted by Crippen LogP contribution is -2.27. The van der Waals surface area contributed by atoms with Crippen molar-refractivity contribution in [3.05, 3.63) is 34.4 Å². The molecule has 0 aliphatic carbocycles. The highest BCUT2D eigenvalue weighted by molar-refractivity contribution is 7.80. The first-order chi connectivity index (χ1) is 8.51. The zero-order valence-corrected chi connectivity index (χ0v) is 13.2. The van der Waals surface area contributed by atoms with E-state index >= 15 is 0 Å². The van der Waals surface area contributed by atoms with E-state index in [0.717, 1.165) is 18.0 Å². The van der Waals surface area contributed by atoms with E-state index in [1.807, 2.05) is 0 Å². The van der Waals surface area contributed by atoms with Crippen LogP contribution in [0.2, 0.25) is 0 Å². The van der Waals surface area contributed by atoms with E-state index in [-0.39, 0.29) is 0 Å². The third kappa shape index (κ3) is 3.55. The van der Waals surface area contributed by atoms with Crippen LogP contribution in [-0.2, 0) is 6.42 Å². The number of hydrogen-bond acceptors (Lipinski definition) is 1. The summed E-state index contributed by atoms with van der Waals surface area (Å²) < 4.78 is 0. The maximum Gasteiger partial charge on any atom is 0.109 e. The topological polar surface area (TPSA) is 3.24 Å². The smallest absolute Gasteiger partial charge is 0.109 e. The summed E-state index contributed by atoms with van der Waals surface area (Å²) >= 11 is 5.62. The molecule has 18 heavy (non-hydrogen) atoms. The van der Waals surface area contributed by atoms with Gasteiger partial charge in [-0.2, -0.15) is 0 Å². The Hall–Kier alpha value is -0.890. The lowest BCUT2D eigenvalue weighted by atomic mass is 9.98. The second-order valence-electron chi connectivity index (χ2n) is 5.03. The summed E-state index contributed by atoms with van der Waals surface area (Å²) in [6.07, 6.45) is 3.47. The van der Waals surface area contributed by atoms with Crippen LogP contribution >= 0.6 is 12.2 Å². The first-order valence-electron chi connectivity index (χ1n) is 6.86. The van der Waals surface area contributed by atoms with Gasteiger partial charge in [0.2, 0.25) is 0 Å². The molecule has 0 amide bonds. The fraction of sp³-hybridized carbons (Fsp3) is 0.562. The van der Waals surface area contributed by atoms with Crippen molar-refractivity contribution in [2.24, 2.45) is 0 Å². The Balaban J connectivity index is 2.98. The van der Waals surface area contributed by atoms with Crippen molar-refractivity contribution in [1.82, 2.24) is 4.90 Å². The lowest BCUT2D eigenvalue weighted by Gasteiger charge is -2.22. The van der Waals surface area contributed by atoms with Crippen molar-refractivity contribution in [3.63, 3.8) is 0 Å². The molecule has 0 fully saturated rings. The van der Waals surface area contributed by atoms with Crippen LogP contribution in [0.1, 0.15) is 48.9 Å². The molecule has 0 saturated heterocycles. The highest BCUT2D eigenvalue weighted by Gasteiger charge is 2.11. The van der Waals surface area contributed by atoms with Crippen LogP contribution in [0.3, 0.4) is 0 Å². The Morgan fingerprint density at radius 1 is 1.17 bits per heavy atom. The van der Waals surface area contributed by atoms with Crippen LogP contribution in [-0.4, -0.2) is 23.5 Å². The summed E-state index contributed by atoms with van der Waals surface area (Å²) in [6, 6.07) is 4.53. The molecule has 0 spiro atoms. The van der Waals surface area contributed by atoms with Gasteiger partial charge in [-0.05, 0) is 49.4 Å². The van der Waals surface area contributed by atoms with Gasteiger partial charge in [0.15, 0.2) is 0 Å². The molecule has 0 heterocycles. The molecule has 0 aliphatic heterocycles. The summed E-state index contributed by atoms with van der Waals surface area (Å²) in [5.74, 6) is 0. The third-order valence-electron chi connectivity index (χ3n) is 3.49. The predicted octanol–water partition coefficient (Wildman–Crippen LogP) is 4.27. The van der Waals surface area contributed by atoms with Crippen molar-refractivity contribution < 1.29 is 0 Å². The zero-order chi connectivity index (χ0) is 13.7. The molecule has 0 unspecified atom stereocenters. The fourth-order valence-corrected chi connectivity index (χ4v) is 2.52. The van der Waals surface area contributed by atoms with E-state index < -0.39 is 0 Å². The molecule has 1 rings (SSSR count). The maximum absolute atomic E-state index is 5.62. The van der Waals surface area contributed by atoms with Crippen molar-refractivity contribution in [3.8, 4) is 0 Å². The molecule has 1 aromatic carbocycles. The SMILES string of the molecule is CCCCN(C)C(=S)c1cc(CC)c(C)cc1C. The molecule has 2 heteroatoms. The number of benzene rings is 1. The van der Waals surface area contributed by atoms with E-state index in [9.17, 15) is 0 Å². The van der Waals surface area contributed by atoms with E-state index in [1.54, 1.807) is 0 Å². The Bertz CT molecular complexity index is 423. The number of aryl methyl sites for hydroxylation is 3. The molecule has 0 atom stereocenters. The second-order valence-corrected chi connectivity index (χ2v) is 5.41. The largest absolute Gasteiger partial charge is 0.365 e. The van der Waals surface area contributed by atoms with Gasteiger partial charge in [-0.25, -0.2) is 0 Å². The van der Waals surface area contributed by atoms with Crippen LogP contribution in [0.5, 0.6) is 0 Å². The van der Waals surface area contributed by atoms with Gasteiger partial charge in [0.25, 0.3) is 0 Å². The highest BCUT2D eigenvalue weighted by Crippen LogP contribution is 2.19. The number of hydrogen-bond donors (Lipinski definition) is 0. The van der Waals surface area contributed by atoms with E-state index in [1.165, 1.54) is 35.1 Å². The molecule has 100 valence electrons. The number of rotatable bonds is 5. The van der Waals surface area contributed by atoms with Crippen LogP contribution in [0.25, 0.3) is 0 Å². The van der Waals surface area contributed by atoms with E-state index in [2.05, 4.69) is 51.8 Å².